The van der Waals surface area contributed by atoms with Crippen molar-refractivity contribution in [3.05, 3.63) is 35.4 Å². The summed E-state index contributed by atoms with van der Waals surface area (Å²) in [5.41, 5.74) is 6.00. The summed E-state index contributed by atoms with van der Waals surface area (Å²) in [6.07, 6.45) is 0.957. The fourth-order valence-electron chi connectivity index (χ4n) is 2.07. The van der Waals surface area contributed by atoms with Crippen LogP contribution in [0.3, 0.4) is 0 Å². The average molecular weight is 200 g/mol. The van der Waals surface area contributed by atoms with Gasteiger partial charge >= 0.3 is 0 Å². The summed E-state index contributed by atoms with van der Waals surface area (Å²) < 4.78 is 0. The first-order valence-electron chi connectivity index (χ1n) is 5.20. The molecule has 0 radical (unpaired) electrons. The molecule has 0 aromatic heterocycles. The lowest BCUT2D eigenvalue weighted by Gasteiger charge is -2.11. The number of carbonyl (C=O) groups excluding carboxylic acids is 1. The molecule has 15 heavy (non-hydrogen) atoms. The van der Waals surface area contributed by atoms with Gasteiger partial charge in [0.25, 0.3) is 0 Å². The van der Waals surface area contributed by atoms with Gasteiger partial charge in [-0.05, 0) is 18.9 Å². The van der Waals surface area contributed by atoms with Crippen LogP contribution in [0.15, 0.2) is 29.4 Å². The van der Waals surface area contributed by atoms with Gasteiger partial charge in [0, 0.05) is 11.8 Å². The smallest absolute Gasteiger partial charge is 0.243 e. The Morgan fingerprint density at radius 1 is 1.27 bits per heavy atom. The summed E-state index contributed by atoms with van der Waals surface area (Å²) in [7, 11) is 0. The van der Waals surface area contributed by atoms with Crippen molar-refractivity contribution in [3.63, 3.8) is 0 Å². The number of nitrogens with one attached hydrogen (secondary N) is 1. The number of nitrogens with zero attached hydrogens (tertiary/aromatic N) is 1. The van der Waals surface area contributed by atoms with Gasteiger partial charge in [-0.1, -0.05) is 29.8 Å². The van der Waals surface area contributed by atoms with Crippen LogP contribution in [0, 0.1) is 18.8 Å². The van der Waals surface area contributed by atoms with Crippen molar-refractivity contribution >= 4 is 11.6 Å². The van der Waals surface area contributed by atoms with Gasteiger partial charge in [-0.15, -0.1) is 0 Å². The molecule has 0 unspecified atom stereocenters. The first kappa shape index (κ1) is 8.65. The highest BCUT2D eigenvalue weighted by atomic mass is 16.2. The van der Waals surface area contributed by atoms with Crippen LogP contribution in [-0.4, -0.2) is 11.6 Å². The third-order valence-corrected chi connectivity index (χ3v) is 3.11. The molecule has 2 aliphatic rings. The molecule has 1 N–H and O–H groups in total. The maximum absolute atomic E-state index is 11.2. The second-order valence-corrected chi connectivity index (χ2v) is 4.29. The molecule has 0 saturated heterocycles. The highest BCUT2D eigenvalue weighted by molar-refractivity contribution is 6.09. The fourth-order valence-corrected chi connectivity index (χ4v) is 2.07. The molecule has 76 valence electrons. The molecule has 1 aromatic carbocycles. The van der Waals surface area contributed by atoms with Crippen molar-refractivity contribution in [2.45, 2.75) is 13.3 Å². The van der Waals surface area contributed by atoms with E-state index in [1.807, 2.05) is 0 Å². The van der Waals surface area contributed by atoms with Crippen LogP contribution in [0.4, 0.5) is 0 Å². The molecule has 3 nitrogen and oxygen atoms in total. The van der Waals surface area contributed by atoms with E-state index in [-0.39, 0.29) is 11.8 Å². The molecule has 1 saturated carbocycles. The lowest BCUT2D eigenvalue weighted by molar-refractivity contribution is -0.122. The summed E-state index contributed by atoms with van der Waals surface area (Å²) in [6.45, 7) is 2.06. The molecule has 3 rings (SSSR count). The van der Waals surface area contributed by atoms with Crippen LogP contribution in [0.25, 0.3) is 0 Å². The van der Waals surface area contributed by atoms with Crippen LogP contribution in [0.1, 0.15) is 17.5 Å². The van der Waals surface area contributed by atoms with Gasteiger partial charge in [-0.25, -0.2) is 5.43 Å². The first-order valence-corrected chi connectivity index (χ1v) is 5.20. The third-order valence-electron chi connectivity index (χ3n) is 3.11. The lowest BCUT2D eigenvalue weighted by Crippen LogP contribution is -2.28. The van der Waals surface area contributed by atoms with Crippen molar-refractivity contribution in [2.24, 2.45) is 16.9 Å². The number of hydrogen-bond donors (Lipinski definition) is 1. The Labute approximate surface area is 88.2 Å². The van der Waals surface area contributed by atoms with Gasteiger partial charge in [0.2, 0.25) is 5.91 Å². The van der Waals surface area contributed by atoms with Crippen LogP contribution in [-0.2, 0) is 4.79 Å². The van der Waals surface area contributed by atoms with E-state index in [0.29, 0.717) is 5.92 Å². The standard InChI is InChI=1S/C12H12N2O/c1-7-2-4-8(5-3-7)11-9-6-10(9)12(15)14-13-11/h2-5,9-10H,6H2,1H3,(H,14,15)/t9-,10+/m0/s1. The zero-order valence-corrected chi connectivity index (χ0v) is 8.53. The van der Waals surface area contributed by atoms with E-state index in [1.54, 1.807) is 0 Å². The van der Waals surface area contributed by atoms with E-state index in [9.17, 15) is 4.79 Å². The van der Waals surface area contributed by atoms with Crippen molar-refractivity contribution < 1.29 is 4.79 Å². The largest absolute Gasteiger partial charge is 0.273 e. The van der Waals surface area contributed by atoms with Crippen LogP contribution >= 0.6 is 0 Å². The van der Waals surface area contributed by atoms with E-state index >= 15 is 0 Å². The van der Waals surface area contributed by atoms with Gasteiger partial charge in [0.05, 0.1) is 5.71 Å². The van der Waals surface area contributed by atoms with Gasteiger partial charge < -0.3 is 0 Å². The molecule has 1 aromatic rings. The van der Waals surface area contributed by atoms with Crippen molar-refractivity contribution in [1.29, 1.82) is 0 Å². The number of hydrazone groups is 1. The van der Waals surface area contributed by atoms with Crippen LogP contribution in [0.2, 0.25) is 0 Å². The predicted octanol–water partition coefficient (Wildman–Crippen LogP) is 1.47. The number of aryl methyl sites for hydroxylation is 1. The second kappa shape index (κ2) is 2.92. The minimum Gasteiger partial charge on any atom is -0.273 e. The Balaban J connectivity index is 1.95. The van der Waals surface area contributed by atoms with Crippen molar-refractivity contribution in [2.75, 3.05) is 0 Å². The maximum atomic E-state index is 11.2. The average Bonchev–Trinajstić information content (AvgIpc) is 3.01. The molecular formula is C12H12N2O. The van der Waals surface area contributed by atoms with Gasteiger partial charge in [-0.2, -0.15) is 5.10 Å². The quantitative estimate of drug-likeness (QED) is 0.732. The first-order chi connectivity index (χ1) is 7.25. The Kier molecular flexibility index (Phi) is 1.69. The summed E-state index contributed by atoms with van der Waals surface area (Å²) in [4.78, 5) is 11.2. The highest BCUT2D eigenvalue weighted by Gasteiger charge is 2.49. The second-order valence-electron chi connectivity index (χ2n) is 4.29. The lowest BCUT2D eigenvalue weighted by atomic mass is 10.0. The predicted molar refractivity (Wildman–Crippen MR) is 57.5 cm³/mol. The van der Waals surface area contributed by atoms with Crippen molar-refractivity contribution in [3.8, 4) is 0 Å². The molecule has 1 heterocycles. The van der Waals surface area contributed by atoms with Gasteiger partial charge in [0.15, 0.2) is 0 Å². The van der Waals surface area contributed by atoms with E-state index < -0.39 is 0 Å². The van der Waals surface area contributed by atoms with E-state index in [2.05, 4.69) is 41.7 Å². The van der Waals surface area contributed by atoms with E-state index in [1.165, 1.54) is 5.56 Å². The summed E-state index contributed by atoms with van der Waals surface area (Å²) in [5.74, 6) is 0.621. The molecule has 1 aliphatic heterocycles. The van der Waals surface area contributed by atoms with Gasteiger partial charge in [0.1, 0.15) is 0 Å². The topological polar surface area (TPSA) is 41.5 Å². The summed E-state index contributed by atoms with van der Waals surface area (Å²) >= 11 is 0. The number of benzene rings is 1. The summed E-state index contributed by atoms with van der Waals surface area (Å²) in [5, 5.41) is 4.15. The molecule has 1 aliphatic carbocycles. The number of fused-ring (bicyclic) bond motifs is 1. The zero-order chi connectivity index (χ0) is 10.4. The molecule has 1 amide bonds. The fraction of sp³-hybridized carbons (Fsp3) is 0.333. The maximum Gasteiger partial charge on any atom is 0.243 e. The van der Waals surface area contributed by atoms with E-state index in [4.69, 9.17) is 0 Å². The van der Waals surface area contributed by atoms with Crippen molar-refractivity contribution in [1.82, 2.24) is 5.43 Å². The molecule has 1 fully saturated rings. The Bertz CT molecular complexity index is 447. The van der Waals surface area contributed by atoms with Crippen LogP contribution in [0.5, 0.6) is 0 Å². The SMILES string of the molecule is Cc1ccc(C2=NNC(=O)[C@@H]3C[C@H]23)cc1. The molecule has 0 spiro atoms. The number of rotatable bonds is 1. The molecule has 0 bridgehead atoms. The minimum atomic E-state index is 0.0795. The Morgan fingerprint density at radius 2 is 2.00 bits per heavy atom. The number of hydrogen-bond acceptors (Lipinski definition) is 2. The minimum absolute atomic E-state index is 0.0795. The summed E-state index contributed by atoms with van der Waals surface area (Å²) in [6, 6.07) is 8.29. The third kappa shape index (κ3) is 1.35. The van der Waals surface area contributed by atoms with Gasteiger partial charge in [-0.3, -0.25) is 4.79 Å². The Morgan fingerprint density at radius 3 is 2.73 bits per heavy atom. The molecule has 2 atom stereocenters. The Hall–Kier alpha value is -1.64. The molecule has 3 heteroatoms. The molecular weight excluding hydrogens is 188 g/mol. The van der Waals surface area contributed by atoms with E-state index in [0.717, 1.165) is 17.7 Å². The zero-order valence-electron chi connectivity index (χ0n) is 8.53. The number of carbonyl (C=O) groups is 1. The monoisotopic (exact) mass is 200 g/mol. The number of amides is 1. The van der Waals surface area contributed by atoms with Crippen LogP contribution < -0.4 is 5.43 Å². The highest BCUT2D eigenvalue weighted by Crippen LogP contribution is 2.43. The normalized spacial score (nSPS) is 27.8.